The van der Waals surface area contributed by atoms with Gasteiger partial charge in [-0.2, -0.15) is 0 Å². The van der Waals surface area contributed by atoms with Gasteiger partial charge in [0.2, 0.25) is 0 Å². The maximum Gasteiger partial charge on any atom is 0.0468 e. The Kier molecular flexibility index (Phi) is 5.22. The molecule has 2 atom stereocenters. The number of hydrogen-bond donors (Lipinski definition) is 1. The zero-order chi connectivity index (χ0) is 13.0. The molecule has 1 aromatic heterocycles. The Morgan fingerprint density at radius 2 is 2.00 bits per heavy atom. The smallest absolute Gasteiger partial charge is 0.0468 e. The lowest BCUT2D eigenvalue weighted by Crippen LogP contribution is -2.46. The molecule has 0 spiro atoms. The second-order valence-corrected chi connectivity index (χ2v) is 6.47. The second kappa shape index (κ2) is 6.69. The number of hydrogen-bond acceptors (Lipinski definition) is 3. The van der Waals surface area contributed by atoms with Crippen molar-refractivity contribution in [2.24, 2.45) is 5.92 Å². The van der Waals surface area contributed by atoms with Crippen molar-refractivity contribution in [3.05, 3.63) is 21.9 Å². The van der Waals surface area contributed by atoms with Gasteiger partial charge in [-0.15, -0.1) is 11.3 Å². The third-order valence-electron chi connectivity index (χ3n) is 4.05. The highest BCUT2D eigenvalue weighted by atomic mass is 32.1. The van der Waals surface area contributed by atoms with E-state index in [4.69, 9.17) is 0 Å². The Hall–Kier alpha value is -0.380. The van der Waals surface area contributed by atoms with Crippen molar-refractivity contribution < 1.29 is 0 Å². The molecule has 1 N–H and O–H groups in total. The van der Waals surface area contributed by atoms with E-state index in [2.05, 4.69) is 43.1 Å². The molecule has 1 aliphatic heterocycles. The van der Waals surface area contributed by atoms with Gasteiger partial charge in [0, 0.05) is 42.0 Å². The summed E-state index contributed by atoms with van der Waals surface area (Å²) in [5.41, 5.74) is 0. The van der Waals surface area contributed by atoms with E-state index < -0.39 is 0 Å². The first-order valence-electron chi connectivity index (χ1n) is 7.29. The van der Waals surface area contributed by atoms with Crippen molar-refractivity contribution in [3.8, 4) is 0 Å². The minimum Gasteiger partial charge on any atom is -0.314 e. The SMILES string of the molecule is CCc1ccc([C@@H](C(C)CC)N2CCNCC2)s1. The number of aryl methyl sites for hydroxylation is 1. The predicted molar refractivity (Wildman–Crippen MR) is 80.3 cm³/mol. The molecule has 18 heavy (non-hydrogen) atoms. The van der Waals surface area contributed by atoms with E-state index in [9.17, 15) is 0 Å². The molecular formula is C15H26N2S. The first-order chi connectivity index (χ1) is 8.76. The molecule has 2 heterocycles. The summed E-state index contributed by atoms with van der Waals surface area (Å²) in [4.78, 5) is 5.77. The molecular weight excluding hydrogens is 240 g/mol. The first-order valence-corrected chi connectivity index (χ1v) is 8.11. The van der Waals surface area contributed by atoms with Crippen LogP contribution in [0.15, 0.2) is 12.1 Å². The molecule has 0 aromatic carbocycles. The Labute approximate surface area is 115 Å². The molecule has 2 rings (SSSR count). The van der Waals surface area contributed by atoms with Crippen molar-refractivity contribution in [1.29, 1.82) is 0 Å². The number of nitrogens with one attached hydrogen (secondary N) is 1. The van der Waals surface area contributed by atoms with Crippen LogP contribution >= 0.6 is 11.3 Å². The predicted octanol–water partition coefficient (Wildman–Crippen LogP) is 3.30. The van der Waals surface area contributed by atoms with Crippen LogP contribution in [0.3, 0.4) is 0 Å². The molecule has 1 unspecified atom stereocenters. The fourth-order valence-electron chi connectivity index (χ4n) is 2.75. The average Bonchev–Trinajstić information content (AvgIpc) is 2.88. The van der Waals surface area contributed by atoms with Crippen molar-refractivity contribution in [2.75, 3.05) is 26.2 Å². The fourth-order valence-corrected chi connectivity index (χ4v) is 3.97. The van der Waals surface area contributed by atoms with Crippen LogP contribution in [0.5, 0.6) is 0 Å². The number of thiophene rings is 1. The minimum absolute atomic E-state index is 0.627. The standard InChI is InChI=1S/C15H26N2S/c1-4-12(3)15(17-10-8-16-9-11-17)14-7-6-13(5-2)18-14/h6-7,12,15-16H,4-5,8-11H2,1-3H3/t12?,15-/m1/s1. The highest BCUT2D eigenvalue weighted by Crippen LogP contribution is 2.35. The van der Waals surface area contributed by atoms with Gasteiger partial charge in [-0.05, 0) is 24.5 Å². The second-order valence-electron chi connectivity index (χ2n) is 5.27. The zero-order valence-electron chi connectivity index (χ0n) is 11.9. The monoisotopic (exact) mass is 266 g/mol. The van der Waals surface area contributed by atoms with Crippen LogP contribution in [-0.2, 0) is 6.42 Å². The molecule has 0 aliphatic carbocycles. The van der Waals surface area contributed by atoms with Crippen LogP contribution in [0.1, 0.15) is 43.0 Å². The summed E-state index contributed by atoms with van der Waals surface area (Å²) in [7, 11) is 0. The lowest BCUT2D eigenvalue weighted by molar-refractivity contribution is 0.131. The van der Waals surface area contributed by atoms with E-state index in [1.54, 1.807) is 4.88 Å². The van der Waals surface area contributed by atoms with Crippen molar-refractivity contribution in [3.63, 3.8) is 0 Å². The summed E-state index contributed by atoms with van der Waals surface area (Å²) in [6, 6.07) is 5.31. The largest absolute Gasteiger partial charge is 0.314 e. The summed E-state index contributed by atoms with van der Waals surface area (Å²) in [5.74, 6) is 0.742. The van der Waals surface area contributed by atoms with E-state index in [1.165, 1.54) is 30.8 Å². The molecule has 1 fully saturated rings. The van der Waals surface area contributed by atoms with E-state index >= 15 is 0 Å². The molecule has 3 heteroatoms. The summed E-state index contributed by atoms with van der Waals surface area (Å²) in [6.07, 6.45) is 2.42. The summed E-state index contributed by atoms with van der Waals surface area (Å²) >= 11 is 2.02. The number of piperazine rings is 1. The molecule has 1 saturated heterocycles. The van der Waals surface area contributed by atoms with Gasteiger partial charge in [-0.1, -0.05) is 27.2 Å². The summed E-state index contributed by atoms with van der Waals surface area (Å²) < 4.78 is 0. The van der Waals surface area contributed by atoms with Crippen LogP contribution in [0.4, 0.5) is 0 Å². The normalized spacial score (nSPS) is 20.8. The topological polar surface area (TPSA) is 15.3 Å². The van der Waals surface area contributed by atoms with Gasteiger partial charge in [0.05, 0.1) is 0 Å². The van der Waals surface area contributed by atoms with Crippen LogP contribution in [0.25, 0.3) is 0 Å². The van der Waals surface area contributed by atoms with Gasteiger partial charge in [-0.25, -0.2) is 0 Å². The van der Waals surface area contributed by atoms with E-state index in [0.29, 0.717) is 6.04 Å². The van der Waals surface area contributed by atoms with Gasteiger partial charge in [0.15, 0.2) is 0 Å². The van der Waals surface area contributed by atoms with Crippen LogP contribution in [0, 0.1) is 5.92 Å². The van der Waals surface area contributed by atoms with Crippen LogP contribution in [-0.4, -0.2) is 31.1 Å². The maximum absolute atomic E-state index is 3.46. The Morgan fingerprint density at radius 3 is 2.56 bits per heavy atom. The molecule has 2 nitrogen and oxygen atoms in total. The van der Waals surface area contributed by atoms with Gasteiger partial charge in [0.1, 0.15) is 0 Å². The third-order valence-corrected chi connectivity index (χ3v) is 5.35. The van der Waals surface area contributed by atoms with Crippen LogP contribution < -0.4 is 5.32 Å². The van der Waals surface area contributed by atoms with E-state index in [0.717, 1.165) is 19.0 Å². The zero-order valence-corrected chi connectivity index (χ0v) is 12.7. The number of nitrogens with zero attached hydrogens (tertiary/aromatic N) is 1. The highest BCUT2D eigenvalue weighted by molar-refractivity contribution is 7.12. The van der Waals surface area contributed by atoms with Gasteiger partial charge in [-0.3, -0.25) is 4.90 Å². The molecule has 1 aliphatic rings. The van der Waals surface area contributed by atoms with Crippen LogP contribution in [0.2, 0.25) is 0 Å². The van der Waals surface area contributed by atoms with Gasteiger partial charge < -0.3 is 5.32 Å². The fraction of sp³-hybridized carbons (Fsp3) is 0.733. The lowest BCUT2D eigenvalue weighted by Gasteiger charge is -2.37. The summed E-state index contributed by atoms with van der Waals surface area (Å²) in [5, 5.41) is 3.46. The molecule has 0 saturated carbocycles. The quantitative estimate of drug-likeness (QED) is 0.879. The average molecular weight is 266 g/mol. The highest BCUT2D eigenvalue weighted by Gasteiger charge is 2.27. The van der Waals surface area contributed by atoms with Gasteiger partial charge >= 0.3 is 0 Å². The first kappa shape index (κ1) is 14.0. The molecule has 0 bridgehead atoms. The molecule has 102 valence electrons. The van der Waals surface area contributed by atoms with Gasteiger partial charge in [0.25, 0.3) is 0 Å². The van der Waals surface area contributed by atoms with E-state index in [1.807, 2.05) is 11.3 Å². The van der Waals surface area contributed by atoms with Crippen molar-refractivity contribution in [2.45, 2.75) is 39.7 Å². The molecule has 1 aromatic rings. The van der Waals surface area contributed by atoms with E-state index in [-0.39, 0.29) is 0 Å². The molecule has 0 amide bonds. The Morgan fingerprint density at radius 1 is 1.28 bits per heavy atom. The van der Waals surface area contributed by atoms with Crippen molar-refractivity contribution >= 4 is 11.3 Å². The van der Waals surface area contributed by atoms with Crippen molar-refractivity contribution in [1.82, 2.24) is 10.2 Å². The summed E-state index contributed by atoms with van der Waals surface area (Å²) in [6.45, 7) is 11.6. The number of rotatable bonds is 5. The Bertz CT molecular complexity index is 355. The minimum atomic E-state index is 0.627. The maximum atomic E-state index is 3.46. The lowest BCUT2D eigenvalue weighted by atomic mass is 9.95. The third kappa shape index (κ3) is 3.14. The molecule has 0 radical (unpaired) electrons. The Balaban J connectivity index is 2.17.